The summed E-state index contributed by atoms with van der Waals surface area (Å²) in [6, 6.07) is 9.16. The molecule has 0 bridgehead atoms. The summed E-state index contributed by atoms with van der Waals surface area (Å²) in [6.45, 7) is 0. The molecule has 0 fully saturated rings. The van der Waals surface area contributed by atoms with Gasteiger partial charge in [-0.3, -0.25) is 4.79 Å². The lowest BCUT2D eigenvalue weighted by atomic mass is 10.2. The van der Waals surface area contributed by atoms with Gasteiger partial charge < -0.3 is 9.73 Å². The third-order valence-electron chi connectivity index (χ3n) is 2.75. The number of rotatable bonds is 2. The van der Waals surface area contributed by atoms with Crippen LogP contribution in [0, 0.1) is 7.34 Å². The van der Waals surface area contributed by atoms with Crippen LogP contribution in [0.1, 0.15) is 11.3 Å². The van der Waals surface area contributed by atoms with E-state index in [0.29, 0.717) is 27.9 Å². The van der Waals surface area contributed by atoms with E-state index in [9.17, 15) is 4.79 Å². The van der Waals surface area contributed by atoms with Gasteiger partial charge in [0.05, 0.1) is 5.02 Å². The molecule has 4 nitrogen and oxygen atoms in total. The Morgan fingerprint density at radius 3 is 2.76 bits per heavy atom. The predicted octanol–water partition coefficient (Wildman–Crippen LogP) is 4.06. The lowest BCUT2D eigenvalue weighted by Crippen LogP contribution is -2.25. The fourth-order valence-electron chi connectivity index (χ4n) is 1.82. The molecule has 7 heteroatoms. The van der Waals surface area contributed by atoms with Crippen molar-refractivity contribution in [2.24, 2.45) is 4.99 Å². The zero-order valence-electron chi connectivity index (χ0n) is 10.4. The number of amidine groups is 1. The SMILES string of the molecule is O=C1NC(c2cc(I)ccc2Cl)=N/C1=C\c1ccc(I)o1. The molecule has 1 aromatic carbocycles. The molecule has 1 N–H and O–H groups in total. The molecule has 0 radical (unpaired) electrons. The molecule has 1 aromatic heterocycles. The zero-order valence-corrected chi connectivity index (χ0v) is 15.4. The normalized spacial score (nSPS) is 16.2. The van der Waals surface area contributed by atoms with Crippen LogP contribution in [-0.4, -0.2) is 11.7 Å². The molecule has 0 unspecified atom stereocenters. The van der Waals surface area contributed by atoms with Gasteiger partial charge in [0.2, 0.25) is 0 Å². The van der Waals surface area contributed by atoms with Gasteiger partial charge in [-0.05, 0) is 75.5 Å². The van der Waals surface area contributed by atoms with Crippen molar-refractivity contribution in [1.82, 2.24) is 5.32 Å². The molecule has 1 aliphatic rings. The van der Waals surface area contributed by atoms with Gasteiger partial charge in [0.1, 0.15) is 17.3 Å². The van der Waals surface area contributed by atoms with E-state index in [4.69, 9.17) is 16.0 Å². The molecule has 2 aromatic rings. The third kappa shape index (κ3) is 3.32. The van der Waals surface area contributed by atoms with Crippen molar-refractivity contribution in [3.8, 4) is 0 Å². The number of carbonyl (C=O) groups is 1. The summed E-state index contributed by atoms with van der Waals surface area (Å²) in [5, 5.41) is 3.27. The van der Waals surface area contributed by atoms with Gasteiger partial charge in [0.15, 0.2) is 3.77 Å². The first-order valence-corrected chi connectivity index (χ1v) is 8.39. The van der Waals surface area contributed by atoms with E-state index in [-0.39, 0.29) is 5.91 Å². The second-order valence-corrected chi connectivity index (χ2v) is 6.93. The molecule has 0 saturated carbocycles. The maximum Gasteiger partial charge on any atom is 0.275 e. The third-order valence-corrected chi connectivity index (χ3v) is 4.33. The Bertz CT molecular complexity index is 796. The molecule has 0 atom stereocenters. The average Bonchev–Trinajstić information content (AvgIpc) is 3.00. The number of amides is 1. The Morgan fingerprint density at radius 2 is 2.05 bits per heavy atom. The minimum Gasteiger partial charge on any atom is -0.451 e. The minimum absolute atomic E-state index is 0.272. The maximum absolute atomic E-state index is 12.0. The molecular formula is C14H7ClI2N2O2. The van der Waals surface area contributed by atoms with Crippen LogP contribution in [0.5, 0.6) is 0 Å². The first kappa shape index (κ1) is 15.0. The average molecular weight is 524 g/mol. The highest BCUT2D eigenvalue weighted by atomic mass is 127. The zero-order chi connectivity index (χ0) is 15.0. The number of benzene rings is 1. The second kappa shape index (κ2) is 6.09. The number of nitrogens with one attached hydrogen (secondary N) is 1. The van der Waals surface area contributed by atoms with Gasteiger partial charge in [-0.1, -0.05) is 11.6 Å². The lowest BCUT2D eigenvalue weighted by Gasteiger charge is -2.03. The molecule has 3 rings (SSSR count). The number of hydrogen-bond donors (Lipinski definition) is 1. The Balaban J connectivity index is 1.99. The predicted molar refractivity (Wildman–Crippen MR) is 98.3 cm³/mol. The summed E-state index contributed by atoms with van der Waals surface area (Å²) in [5.74, 6) is 0.769. The van der Waals surface area contributed by atoms with Gasteiger partial charge in [0, 0.05) is 15.2 Å². The molecule has 21 heavy (non-hydrogen) atoms. The number of furan rings is 1. The van der Waals surface area contributed by atoms with Crippen molar-refractivity contribution in [2.45, 2.75) is 0 Å². The fourth-order valence-corrected chi connectivity index (χ4v) is 2.95. The summed E-state index contributed by atoms with van der Waals surface area (Å²) in [4.78, 5) is 16.3. The van der Waals surface area contributed by atoms with Crippen LogP contribution in [0.15, 0.2) is 45.4 Å². The maximum atomic E-state index is 12.0. The van der Waals surface area contributed by atoms with Crippen LogP contribution in [0.25, 0.3) is 6.08 Å². The standard InChI is InChI=1S/C14H7ClI2N2O2/c15-10-3-1-7(16)5-9(10)13-18-11(14(20)19-13)6-8-2-4-12(17)21-8/h1-6H,(H,18,19,20)/b11-6-. The van der Waals surface area contributed by atoms with E-state index < -0.39 is 0 Å². The van der Waals surface area contributed by atoms with Crippen LogP contribution in [0.3, 0.4) is 0 Å². The van der Waals surface area contributed by atoms with Gasteiger partial charge in [-0.15, -0.1) is 0 Å². The van der Waals surface area contributed by atoms with Crippen LogP contribution >= 0.6 is 56.8 Å². The number of hydrogen-bond acceptors (Lipinski definition) is 3. The van der Waals surface area contributed by atoms with Crippen LogP contribution < -0.4 is 5.32 Å². The molecule has 1 amide bonds. The summed E-state index contributed by atoms with van der Waals surface area (Å²) in [5.41, 5.74) is 1.00. The van der Waals surface area contributed by atoms with Crippen molar-refractivity contribution < 1.29 is 9.21 Å². The van der Waals surface area contributed by atoms with E-state index in [0.717, 1.165) is 7.34 Å². The number of aliphatic imine (C=N–C) groups is 1. The van der Waals surface area contributed by atoms with E-state index in [2.05, 4.69) is 55.5 Å². The van der Waals surface area contributed by atoms with Crippen molar-refractivity contribution in [3.63, 3.8) is 0 Å². The monoisotopic (exact) mass is 524 g/mol. The molecule has 2 heterocycles. The highest BCUT2D eigenvalue weighted by Gasteiger charge is 2.23. The second-order valence-electron chi connectivity index (χ2n) is 4.21. The topological polar surface area (TPSA) is 54.6 Å². The largest absolute Gasteiger partial charge is 0.451 e. The van der Waals surface area contributed by atoms with Crippen molar-refractivity contribution >= 4 is 74.6 Å². The lowest BCUT2D eigenvalue weighted by molar-refractivity contribution is -0.115. The van der Waals surface area contributed by atoms with Gasteiger partial charge in [-0.25, -0.2) is 4.99 Å². The smallest absolute Gasteiger partial charge is 0.275 e. The van der Waals surface area contributed by atoms with E-state index >= 15 is 0 Å². The van der Waals surface area contributed by atoms with Crippen molar-refractivity contribution in [2.75, 3.05) is 0 Å². The van der Waals surface area contributed by atoms with E-state index in [1.165, 1.54) is 0 Å². The Hall–Kier alpha value is -0.870. The summed E-state index contributed by atoms with van der Waals surface area (Å²) in [6.07, 6.45) is 1.60. The molecule has 0 aliphatic carbocycles. The molecular weight excluding hydrogens is 517 g/mol. The Labute approximate surface area is 152 Å². The van der Waals surface area contributed by atoms with Crippen LogP contribution in [-0.2, 0) is 4.79 Å². The fraction of sp³-hybridized carbons (Fsp3) is 0. The summed E-state index contributed by atoms with van der Waals surface area (Å²) >= 11 is 10.4. The Kier molecular flexibility index (Phi) is 4.36. The first-order chi connectivity index (χ1) is 10.0. The first-order valence-electron chi connectivity index (χ1n) is 5.85. The van der Waals surface area contributed by atoms with Crippen molar-refractivity contribution in [1.29, 1.82) is 0 Å². The minimum atomic E-state index is -0.272. The quantitative estimate of drug-likeness (QED) is 0.476. The summed E-state index contributed by atoms with van der Waals surface area (Å²) in [7, 11) is 0. The highest BCUT2D eigenvalue weighted by molar-refractivity contribution is 14.1. The van der Waals surface area contributed by atoms with Crippen LogP contribution in [0.2, 0.25) is 5.02 Å². The van der Waals surface area contributed by atoms with Crippen molar-refractivity contribution in [3.05, 3.63) is 59.7 Å². The number of carbonyl (C=O) groups excluding carboxylic acids is 1. The molecule has 0 spiro atoms. The van der Waals surface area contributed by atoms with Crippen LogP contribution in [0.4, 0.5) is 0 Å². The summed E-state index contributed by atoms with van der Waals surface area (Å²) < 4.78 is 7.18. The number of halogens is 3. The van der Waals surface area contributed by atoms with E-state index in [1.54, 1.807) is 18.2 Å². The molecule has 106 valence electrons. The van der Waals surface area contributed by atoms with Gasteiger partial charge in [-0.2, -0.15) is 0 Å². The number of nitrogens with zero attached hydrogens (tertiary/aromatic N) is 1. The van der Waals surface area contributed by atoms with E-state index in [1.807, 2.05) is 18.2 Å². The highest BCUT2D eigenvalue weighted by Crippen LogP contribution is 2.23. The molecule has 0 saturated heterocycles. The van der Waals surface area contributed by atoms with Gasteiger partial charge in [0.25, 0.3) is 5.91 Å². The molecule has 1 aliphatic heterocycles. The van der Waals surface area contributed by atoms with Gasteiger partial charge >= 0.3 is 0 Å². The Morgan fingerprint density at radius 1 is 1.24 bits per heavy atom.